The van der Waals surface area contributed by atoms with Crippen molar-refractivity contribution in [1.82, 2.24) is 19.4 Å². The first-order valence-corrected chi connectivity index (χ1v) is 12.2. The quantitative estimate of drug-likeness (QED) is 0.646. The molecule has 0 spiro atoms. The highest BCUT2D eigenvalue weighted by atomic mass is 35.5. The number of ether oxygens (including phenoxy) is 1. The minimum atomic E-state index is -3.87. The van der Waals surface area contributed by atoms with Gasteiger partial charge in [-0.25, -0.2) is 8.42 Å². The number of sulfonamides is 1. The normalized spacial score (nSPS) is 16.3. The Hall–Kier alpha value is -1.65. The van der Waals surface area contributed by atoms with Crippen molar-refractivity contribution in [2.45, 2.75) is 32.2 Å². The molecular formula is C20H26Cl2N4O4S. The Morgan fingerprint density at radius 2 is 1.87 bits per heavy atom. The topological polar surface area (TPSA) is 93.5 Å². The number of hydrogen-bond donors (Lipinski definition) is 1. The maximum Gasteiger partial charge on any atom is 0.252 e. The molecule has 1 atom stereocenters. The van der Waals surface area contributed by atoms with Crippen LogP contribution in [0.15, 0.2) is 23.1 Å². The minimum Gasteiger partial charge on any atom is -0.379 e. The van der Waals surface area contributed by atoms with Crippen molar-refractivity contribution in [2.24, 2.45) is 5.92 Å². The largest absolute Gasteiger partial charge is 0.379 e. The van der Waals surface area contributed by atoms with Gasteiger partial charge in [0.15, 0.2) is 0 Å². The molecule has 1 aliphatic rings. The molecule has 170 valence electrons. The molecule has 11 heteroatoms. The smallest absolute Gasteiger partial charge is 0.252 e. The summed E-state index contributed by atoms with van der Waals surface area (Å²) in [6.07, 6.45) is 0. The minimum absolute atomic E-state index is 0.0223. The van der Waals surface area contributed by atoms with Crippen LogP contribution in [0.5, 0.6) is 0 Å². The van der Waals surface area contributed by atoms with Gasteiger partial charge in [0.05, 0.1) is 34.5 Å². The number of benzene rings is 1. The van der Waals surface area contributed by atoms with Crippen LogP contribution in [0.1, 0.15) is 28.7 Å². The summed E-state index contributed by atoms with van der Waals surface area (Å²) in [5.74, 6) is -0.357. The first kappa shape index (κ1) is 24.0. The van der Waals surface area contributed by atoms with E-state index in [9.17, 15) is 13.2 Å². The lowest BCUT2D eigenvalue weighted by molar-refractivity contribution is 0.0730. The summed E-state index contributed by atoms with van der Waals surface area (Å²) in [5, 5.41) is 7.33. The van der Waals surface area contributed by atoms with Crippen molar-refractivity contribution in [1.29, 1.82) is 0 Å². The van der Waals surface area contributed by atoms with E-state index in [0.29, 0.717) is 26.3 Å². The van der Waals surface area contributed by atoms with Crippen molar-refractivity contribution in [3.63, 3.8) is 0 Å². The third-order valence-electron chi connectivity index (χ3n) is 5.05. The third kappa shape index (κ3) is 5.59. The molecule has 1 amide bonds. The van der Waals surface area contributed by atoms with Gasteiger partial charge in [-0.3, -0.25) is 9.48 Å². The summed E-state index contributed by atoms with van der Waals surface area (Å²) < 4.78 is 34.4. The van der Waals surface area contributed by atoms with Crippen LogP contribution < -0.4 is 5.32 Å². The summed E-state index contributed by atoms with van der Waals surface area (Å²) >= 11 is 12.4. The first-order chi connectivity index (χ1) is 14.6. The van der Waals surface area contributed by atoms with Gasteiger partial charge in [-0.05, 0) is 38.0 Å². The Balaban J connectivity index is 1.73. The van der Waals surface area contributed by atoms with Gasteiger partial charge in [-0.1, -0.05) is 30.1 Å². The molecule has 31 heavy (non-hydrogen) atoms. The first-order valence-electron chi connectivity index (χ1n) is 9.95. The highest BCUT2D eigenvalue weighted by molar-refractivity contribution is 7.89. The molecule has 1 saturated heterocycles. The molecule has 1 unspecified atom stereocenters. The molecule has 1 aromatic heterocycles. The van der Waals surface area contributed by atoms with Gasteiger partial charge in [-0.15, -0.1) is 0 Å². The van der Waals surface area contributed by atoms with E-state index in [1.165, 1.54) is 16.4 Å². The lowest BCUT2D eigenvalue weighted by Gasteiger charge is -2.26. The fourth-order valence-electron chi connectivity index (χ4n) is 3.41. The van der Waals surface area contributed by atoms with Gasteiger partial charge in [0.25, 0.3) is 5.91 Å². The van der Waals surface area contributed by atoms with Gasteiger partial charge < -0.3 is 10.1 Å². The fraction of sp³-hybridized carbons (Fsp3) is 0.500. The molecule has 1 fully saturated rings. The van der Waals surface area contributed by atoms with Crippen molar-refractivity contribution in [3.8, 4) is 0 Å². The SMILES string of the molecule is Cc1cc(C)n(CC(C)CNC(=O)c2cc(S(=O)(=O)N3CCOCC3)c(Cl)cc2Cl)n1. The Kier molecular flexibility index (Phi) is 7.64. The average molecular weight is 489 g/mol. The number of carbonyl (C=O) groups is 1. The Bertz CT molecular complexity index is 1070. The Morgan fingerprint density at radius 3 is 2.48 bits per heavy atom. The van der Waals surface area contributed by atoms with Crippen molar-refractivity contribution < 1.29 is 17.9 Å². The van der Waals surface area contributed by atoms with Gasteiger partial charge in [0.1, 0.15) is 4.90 Å². The predicted molar refractivity (Wildman–Crippen MR) is 119 cm³/mol. The van der Waals surface area contributed by atoms with Crippen LogP contribution in [0.25, 0.3) is 0 Å². The number of aryl methyl sites for hydroxylation is 2. The van der Waals surface area contributed by atoms with Crippen LogP contribution in [0.2, 0.25) is 10.0 Å². The Morgan fingerprint density at radius 1 is 1.19 bits per heavy atom. The van der Waals surface area contributed by atoms with E-state index in [1.54, 1.807) is 0 Å². The molecule has 3 rings (SSSR count). The number of aromatic nitrogens is 2. The lowest BCUT2D eigenvalue weighted by atomic mass is 10.1. The standard InChI is InChI=1S/C20H26Cl2N4O4S/c1-13(12-26-15(3)8-14(2)24-26)11-23-20(27)16-9-19(18(22)10-17(16)21)31(28,29)25-4-6-30-7-5-25/h8-10,13H,4-7,11-12H2,1-3H3,(H,23,27). The van der Waals surface area contributed by atoms with E-state index in [4.69, 9.17) is 27.9 Å². The summed E-state index contributed by atoms with van der Waals surface area (Å²) in [5.41, 5.74) is 2.06. The monoisotopic (exact) mass is 488 g/mol. The molecule has 0 bridgehead atoms. The van der Waals surface area contributed by atoms with Crippen LogP contribution in [-0.2, 0) is 21.3 Å². The molecule has 1 aliphatic heterocycles. The maximum absolute atomic E-state index is 13.0. The number of nitrogens with zero attached hydrogens (tertiary/aromatic N) is 3. The highest BCUT2D eigenvalue weighted by Gasteiger charge is 2.30. The van der Waals surface area contributed by atoms with E-state index in [2.05, 4.69) is 10.4 Å². The van der Waals surface area contributed by atoms with E-state index in [-0.39, 0.29) is 39.5 Å². The summed E-state index contributed by atoms with van der Waals surface area (Å²) in [6, 6.07) is 4.54. The number of halogens is 2. The number of hydrogen-bond acceptors (Lipinski definition) is 5. The zero-order valence-corrected chi connectivity index (χ0v) is 20.0. The van der Waals surface area contributed by atoms with Gasteiger partial charge in [0, 0.05) is 31.9 Å². The van der Waals surface area contributed by atoms with E-state index < -0.39 is 15.9 Å². The third-order valence-corrected chi connectivity index (χ3v) is 7.73. The number of amides is 1. The van der Waals surface area contributed by atoms with E-state index in [1.807, 2.05) is 31.5 Å². The van der Waals surface area contributed by atoms with Crippen molar-refractivity contribution in [2.75, 3.05) is 32.8 Å². The Labute approximate surface area is 192 Å². The lowest BCUT2D eigenvalue weighted by Crippen LogP contribution is -2.40. The number of morpholine rings is 1. The molecule has 8 nitrogen and oxygen atoms in total. The molecule has 2 heterocycles. The highest BCUT2D eigenvalue weighted by Crippen LogP contribution is 2.31. The van der Waals surface area contributed by atoms with E-state index in [0.717, 1.165) is 11.4 Å². The second-order valence-corrected chi connectivity index (χ2v) is 10.4. The van der Waals surface area contributed by atoms with Crippen molar-refractivity contribution >= 4 is 39.1 Å². The van der Waals surface area contributed by atoms with Crippen LogP contribution in [0, 0.1) is 19.8 Å². The molecule has 0 saturated carbocycles. The average Bonchev–Trinajstić information content (AvgIpc) is 3.03. The summed E-state index contributed by atoms with van der Waals surface area (Å²) in [6.45, 7) is 8.01. The van der Waals surface area contributed by atoms with Gasteiger partial charge in [0.2, 0.25) is 10.0 Å². The fourth-order valence-corrected chi connectivity index (χ4v) is 5.65. The molecule has 2 aromatic rings. The number of rotatable bonds is 7. The predicted octanol–water partition coefficient (Wildman–Crippen LogP) is 2.89. The molecular weight excluding hydrogens is 463 g/mol. The van der Waals surface area contributed by atoms with Crippen LogP contribution in [0.4, 0.5) is 0 Å². The van der Waals surface area contributed by atoms with E-state index >= 15 is 0 Å². The summed E-state index contributed by atoms with van der Waals surface area (Å²) in [7, 11) is -3.87. The molecule has 1 N–H and O–H groups in total. The number of carbonyl (C=O) groups excluding carboxylic acids is 1. The molecule has 0 aliphatic carbocycles. The van der Waals surface area contributed by atoms with Gasteiger partial charge in [-0.2, -0.15) is 9.40 Å². The van der Waals surface area contributed by atoms with Gasteiger partial charge >= 0.3 is 0 Å². The van der Waals surface area contributed by atoms with Crippen LogP contribution in [-0.4, -0.2) is 61.3 Å². The zero-order valence-electron chi connectivity index (χ0n) is 17.7. The maximum atomic E-state index is 13.0. The zero-order chi connectivity index (χ0) is 22.8. The van der Waals surface area contributed by atoms with Crippen LogP contribution >= 0.6 is 23.2 Å². The second kappa shape index (κ2) is 9.87. The second-order valence-electron chi connectivity index (χ2n) is 7.70. The molecule has 0 radical (unpaired) electrons. The van der Waals surface area contributed by atoms with Crippen LogP contribution in [0.3, 0.4) is 0 Å². The summed E-state index contributed by atoms with van der Waals surface area (Å²) in [4.78, 5) is 12.6. The number of nitrogens with one attached hydrogen (secondary N) is 1. The molecule has 1 aromatic carbocycles. The van der Waals surface area contributed by atoms with Crippen molar-refractivity contribution in [3.05, 3.63) is 45.2 Å².